The number of hydrogen-bond acceptors (Lipinski definition) is 4. The van der Waals surface area contributed by atoms with Gasteiger partial charge in [0.05, 0.1) is 12.5 Å². The van der Waals surface area contributed by atoms with E-state index in [2.05, 4.69) is 5.32 Å². The van der Waals surface area contributed by atoms with Crippen LogP contribution in [0.1, 0.15) is 18.0 Å². The summed E-state index contributed by atoms with van der Waals surface area (Å²) in [5.74, 6) is -2.69. The van der Waals surface area contributed by atoms with Crippen molar-refractivity contribution in [1.82, 2.24) is 5.32 Å². The Balaban J connectivity index is 2.78. The summed E-state index contributed by atoms with van der Waals surface area (Å²) < 4.78 is 0. The highest BCUT2D eigenvalue weighted by Crippen LogP contribution is 2.12. The second-order valence-corrected chi connectivity index (χ2v) is 3.97. The van der Waals surface area contributed by atoms with E-state index in [-0.39, 0.29) is 6.42 Å². The summed E-state index contributed by atoms with van der Waals surface area (Å²) in [5.41, 5.74) is 10.8. The molecule has 7 heteroatoms. The second-order valence-electron chi connectivity index (χ2n) is 3.97. The molecule has 7 nitrogen and oxygen atoms in total. The molecule has 0 radical (unpaired) electrons. The first-order valence-corrected chi connectivity index (χ1v) is 5.54. The normalized spacial score (nSPS) is 13.3. The lowest BCUT2D eigenvalue weighted by Gasteiger charge is -2.17. The van der Waals surface area contributed by atoms with E-state index in [1.54, 1.807) is 30.3 Å². The maximum Gasteiger partial charge on any atom is 0.330 e. The first kappa shape index (κ1) is 14.7. The molecule has 0 heterocycles. The van der Waals surface area contributed by atoms with Crippen molar-refractivity contribution in [2.75, 3.05) is 0 Å². The molecule has 2 atom stereocenters. The molecule has 102 valence electrons. The molecule has 0 saturated heterocycles. The number of carboxylic acids is 1. The van der Waals surface area contributed by atoms with Crippen molar-refractivity contribution in [2.24, 2.45) is 11.5 Å². The van der Waals surface area contributed by atoms with E-state index in [9.17, 15) is 14.4 Å². The Morgan fingerprint density at radius 2 is 1.79 bits per heavy atom. The van der Waals surface area contributed by atoms with Gasteiger partial charge in [-0.15, -0.1) is 0 Å². The van der Waals surface area contributed by atoms with Gasteiger partial charge in [0.15, 0.2) is 6.04 Å². The third kappa shape index (κ3) is 4.40. The second kappa shape index (κ2) is 6.50. The molecule has 0 spiro atoms. The summed E-state index contributed by atoms with van der Waals surface area (Å²) in [6.07, 6.45) is -0.340. The average Bonchev–Trinajstić information content (AvgIpc) is 2.35. The number of amides is 2. The molecule has 0 aliphatic carbocycles. The molecule has 0 aromatic heterocycles. The van der Waals surface area contributed by atoms with Crippen molar-refractivity contribution < 1.29 is 19.5 Å². The van der Waals surface area contributed by atoms with Gasteiger partial charge in [-0.3, -0.25) is 9.59 Å². The van der Waals surface area contributed by atoms with Crippen LogP contribution in [-0.2, 0) is 14.4 Å². The number of primary amides is 1. The zero-order valence-electron chi connectivity index (χ0n) is 10.1. The Kier molecular flexibility index (Phi) is 5.01. The van der Waals surface area contributed by atoms with E-state index < -0.39 is 29.9 Å². The predicted molar refractivity (Wildman–Crippen MR) is 66.7 cm³/mol. The summed E-state index contributed by atoms with van der Waals surface area (Å²) in [7, 11) is 0. The maximum atomic E-state index is 11.7. The van der Waals surface area contributed by atoms with Crippen molar-refractivity contribution in [3.8, 4) is 0 Å². The van der Waals surface area contributed by atoms with Gasteiger partial charge in [-0.25, -0.2) is 4.79 Å². The third-order valence-electron chi connectivity index (χ3n) is 2.42. The number of nitrogens with two attached hydrogens (primary N) is 2. The van der Waals surface area contributed by atoms with E-state index in [1.165, 1.54) is 0 Å². The topological polar surface area (TPSA) is 136 Å². The van der Waals surface area contributed by atoms with Crippen LogP contribution in [0.15, 0.2) is 30.3 Å². The summed E-state index contributed by atoms with van der Waals surface area (Å²) in [5, 5.41) is 11.4. The molecule has 0 fully saturated rings. The molecule has 1 rings (SSSR count). The van der Waals surface area contributed by atoms with E-state index >= 15 is 0 Å². The number of carbonyl (C=O) groups is 3. The molecule has 19 heavy (non-hydrogen) atoms. The lowest BCUT2D eigenvalue weighted by Crippen LogP contribution is -2.45. The molecule has 0 aliphatic rings. The maximum absolute atomic E-state index is 11.7. The molecular weight excluding hydrogens is 250 g/mol. The van der Waals surface area contributed by atoms with Crippen molar-refractivity contribution in [3.63, 3.8) is 0 Å². The van der Waals surface area contributed by atoms with Crippen LogP contribution in [-0.4, -0.2) is 28.9 Å². The zero-order valence-corrected chi connectivity index (χ0v) is 10.1. The molecular formula is C12H15N3O4. The lowest BCUT2D eigenvalue weighted by atomic mass is 10.1. The fraction of sp³-hybridized carbons (Fsp3) is 0.250. The van der Waals surface area contributed by atoms with E-state index in [1.807, 2.05) is 0 Å². The lowest BCUT2D eigenvalue weighted by molar-refractivity contribution is -0.142. The Labute approximate surface area is 109 Å². The zero-order chi connectivity index (χ0) is 14.4. The van der Waals surface area contributed by atoms with Crippen LogP contribution >= 0.6 is 0 Å². The molecule has 1 aromatic carbocycles. The van der Waals surface area contributed by atoms with Crippen molar-refractivity contribution >= 4 is 17.8 Å². The smallest absolute Gasteiger partial charge is 0.330 e. The Morgan fingerprint density at radius 1 is 1.21 bits per heavy atom. The van der Waals surface area contributed by atoms with Crippen LogP contribution in [0.3, 0.4) is 0 Å². The third-order valence-corrected chi connectivity index (χ3v) is 2.42. The number of rotatable bonds is 6. The van der Waals surface area contributed by atoms with Crippen molar-refractivity contribution in [2.45, 2.75) is 18.5 Å². The molecule has 2 amide bonds. The molecule has 1 aromatic rings. The van der Waals surface area contributed by atoms with Gasteiger partial charge < -0.3 is 21.9 Å². The van der Waals surface area contributed by atoms with Crippen LogP contribution < -0.4 is 16.8 Å². The van der Waals surface area contributed by atoms with Crippen molar-refractivity contribution in [3.05, 3.63) is 35.9 Å². The summed E-state index contributed by atoms with van der Waals surface area (Å²) in [4.78, 5) is 33.4. The van der Waals surface area contributed by atoms with E-state index in [4.69, 9.17) is 16.6 Å². The average molecular weight is 265 g/mol. The molecule has 2 unspecified atom stereocenters. The van der Waals surface area contributed by atoms with Gasteiger partial charge >= 0.3 is 5.97 Å². The predicted octanol–water partition coefficient (Wildman–Crippen LogP) is -0.869. The highest BCUT2D eigenvalue weighted by molar-refractivity contribution is 5.90. The molecule has 6 N–H and O–H groups in total. The van der Waals surface area contributed by atoms with Gasteiger partial charge in [-0.1, -0.05) is 30.3 Å². The highest BCUT2D eigenvalue weighted by Gasteiger charge is 2.25. The quantitative estimate of drug-likeness (QED) is 0.530. The standard InChI is InChI=1S/C12H15N3O4/c13-8(6-9(14)16)11(17)15-10(12(18)19)7-4-2-1-3-5-7/h1-5,8,10H,6,13H2,(H2,14,16)(H,15,17)(H,18,19). The SMILES string of the molecule is NC(=O)CC(N)C(=O)NC(C(=O)O)c1ccccc1. The molecule has 0 saturated carbocycles. The fourth-order valence-corrected chi connectivity index (χ4v) is 1.49. The van der Waals surface area contributed by atoms with Crippen LogP contribution in [0.2, 0.25) is 0 Å². The number of carbonyl (C=O) groups excluding carboxylic acids is 2. The summed E-state index contributed by atoms with van der Waals surface area (Å²) in [6, 6.07) is 5.79. The number of aliphatic carboxylic acids is 1. The first-order chi connectivity index (χ1) is 8.91. The van der Waals surface area contributed by atoms with Crippen LogP contribution in [0, 0.1) is 0 Å². The summed E-state index contributed by atoms with van der Waals surface area (Å²) >= 11 is 0. The van der Waals surface area contributed by atoms with Gasteiger partial charge in [-0.05, 0) is 5.56 Å². The molecule has 0 bridgehead atoms. The summed E-state index contributed by atoms with van der Waals surface area (Å²) in [6.45, 7) is 0. The van der Waals surface area contributed by atoms with Gasteiger partial charge in [0.1, 0.15) is 0 Å². The highest BCUT2D eigenvalue weighted by atomic mass is 16.4. The van der Waals surface area contributed by atoms with Crippen LogP contribution in [0.25, 0.3) is 0 Å². The Bertz CT molecular complexity index is 475. The Hall–Kier alpha value is -2.41. The number of carboxylic acid groups (broad SMARTS) is 1. The minimum absolute atomic E-state index is 0.340. The minimum Gasteiger partial charge on any atom is -0.479 e. The largest absolute Gasteiger partial charge is 0.479 e. The number of nitrogens with one attached hydrogen (secondary N) is 1. The molecule has 0 aliphatic heterocycles. The monoisotopic (exact) mass is 265 g/mol. The first-order valence-electron chi connectivity index (χ1n) is 5.54. The van der Waals surface area contributed by atoms with Crippen LogP contribution in [0.5, 0.6) is 0 Å². The van der Waals surface area contributed by atoms with Gasteiger partial charge in [0.25, 0.3) is 0 Å². The minimum atomic E-state index is -1.22. The number of hydrogen-bond donors (Lipinski definition) is 4. The van der Waals surface area contributed by atoms with Crippen molar-refractivity contribution in [1.29, 1.82) is 0 Å². The van der Waals surface area contributed by atoms with Gasteiger partial charge in [0.2, 0.25) is 11.8 Å². The number of benzene rings is 1. The Morgan fingerprint density at radius 3 is 2.26 bits per heavy atom. The van der Waals surface area contributed by atoms with E-state index in [0.29, 0.717) is 5.56 Å². The fourth-order valence-electron chi connectivity index (χ4n) is 1.49. The van der Waals surface area contributed by atoms with Crippen LogP contribution in [0.4, 0.5) is 0 Å². The van der Waals surface area contributed by atoms with E-state index in [0.717, 1.165) is 0 Å². The van der Waals surface area contributed by atoms with Gasteiger partial charge in [-0.2, -0.15) is 0 Å². The van der Waals surface area contributed by atoms with Gasteiger partial charge in [0, 0.05) is 0 Å².